The topological polar surface area (TPSA) is 67.6 Å². The molecule has 0 heterocycles. The van der Waals surface area contributed by atoms with Crippen molar-refractivity contribution in [3.8, 4) is 5.75 Å². The van der Waals surface area contributed by atoms with Gasteiger partial charge in [-0.3, -0.25) is 4.79 Å². The maximum atomic E-state index is 10.8. The van der Waals surface area contributed by atoms with Crippen LogP contribution in [0.5, 0.6) is 5.75 Å². The Labute approximate surface area is 146 Å². The van der Waals surface area contributed by atoms with Crippen LogP contribution < -0.4 is 15.8 Å². The average molecular weight is 403 g/mol. The molecule has 1 rings (SSSR count). The molecule has 0 fully saturated rings. The zero-order chi connectivity index (χ0) is 14.3. The molecule has 1 amide bonds. The molecule has 0 bridgehead atoms. The Bertz CT molecular complexity index is 434. The van der Waals surface area contributed by atoms with Gasteiger partial charge in [0.2, 0.25) is 0 Å². The van der Waals surface area contributed by atoms with Crippen LogP contribution in [0.25, 0.3) is 0 Å². The fraction of sp³-hybridized carbons (Fsp3) is 0.462. The number of benzene rings is 1. The van der Waals surface area contributed by atoms with Crippen molar-refractivity contribution < 1.29 is 9.53 Å². The summed E-state index contributed by atoms with van der Waals surface area (Å²) in [6.45, 7) is 2.42. The van der Waals surface area contributed by atoms with E-state index >= 15 is 0 Å². The Morgan fingerprint density at radius 2 is 2.05 bits per heavy atom. The van der Waals surface area contributed by atoms with Gasteiger partial charge in [0, 0.05) is 29.7 Å². The fourth-order valence-corrected chi connectivity index (χ4v) is 1.91. The molecule has 3 N–H and O–H groups in total. The molecule has 0 aromatic heterocycles. The van der Waals surface area contributed by atoms with Crippen LogP contribution >= 0.6 is 40.7 Å². The first-order valence-electron chi connectivity index (χ1n) is 6.04. The van der Waals surface area contributed by atoms with Crippen molar-refractivity contribution in [2.75, 3.05) is 33.8 Å². The van der Waals surface area contributed by atoms with Gasteiger partial charge in [-0.25, -0.2) is 0 Å². The lowest BCUT2D eigenvalue weighted by molar-refractivity contribution is -0.119. The van der Waals surface area contributed by atoms with Crippen molar-refractivity contribution in [3.63, 3.8) is 0 Å². The van der Waals surface area contributed by atoms with Gasteiger partial charge in [-0.05, 0) is 32.3 Å². The van der Waals surface area contributed by atoms with E-state index in [2.05, 4.69) is 26.1 Å². The molecule has 1 aromatic carbocycles. The van der Waals surface area contributed by atoms with Crippen molar-refractivity contribution in [2.24, 2.45) is 5.73 Å². The number of nitrogens with zero attached hydrogens (tertiary/aromatic N) is 1. The summed E-state index contributed by atoms with van der Waals surface area (Å²) in [5.41, 5.74) is 6.08. The van der Waals surface area contributed by atoms with E-state index < -0.39 is 5.91 Å². The molecule has 0 aliphatic carbocycles. The molecular weight excluding hydrogens is 381 g/mol. The highest BCUT2D eigenvalue weighted by Gasteiger charge is 2.06. The van der Waals surface area contributed by atoms with Crippen molar-refractivity contribution in [1.82, 2.24) is 10.2 Å². The Kier molecular flexibility index (Phi) is 13.1. The first-order valence-corrected chi connectivity index (χ1v) is 6.83. The standard InChI is InChI=1S/C13H20BrN3O2.2ClH/c1-17(2)6-5-16-8-10-7-11(14)3-4-12(10)19-9-13(15)18;;/h3-4,7,16H,5-6,8-9H2,1-2H3,(H2,15,18);2*1H. The number of carbonyl (C=O) groups is 1. The zero-order valence-corrected chi connectivity index (χ0v) is 15.3. The van der Waals surface area contributed by atoms with Crippen LogP contribution in [0.15, 0.2) is 22.7 Å². The summed E-state index contributed by atoms with van der Waals surface area (Å²) in [6, 6.07) is 5.68. The molecule has 0 spiro atoms. The van der Waals surface area contributed by atoms with Gasteiger partial charge in [-0.15, -0.1) is 24.8 Å². The first kappa shape index (κ1) is 22.7. The van der Waals surface area contributed by atoms with E-state index in [9.17, 15) is 4.79 Å². The van der Waals surface area contributed by atoms with Gasteiger partial charge in [0.25, 0.3) is 5.91 Å². The van der Waals surface area contributed by atoms with E-state index in [0.29, 0.717) is 12.3 Å². The van der Waals surface area contributed by atoms with Crippen LogP contribution in [0.2, 0.25) is 0 Å². The van der Waals surface area contributed by atoms with E-state index in [-0.39, 0.29) is 31.4 Å². The van der Waals surface area contributed by atoms with Gasteiger partial charge in [0.1, 0.15) is 5.75 Å². The van der Waals surface area contributed by atoms with Gasteiger partial charge in [-0.2, -0.15) is 0 Å². The second kappa shape index (κ2) is 12.1. The number of ether oxygens (including phenoxy) is 1. The van der Waals surface area contributed by atoms with Gasteiger partial charge in [-0.1, -0.05) is 15.9 Å². The van der Waals surface area contributed by atoms with E-state index in [1.165, 1.54) is 0 Å². The van der Waals surface area contributed by atoms with Crippen molar-refractivity contribution in [1.29, 1.82) is 0 Å². The van der Waals surface area contributed by atoms with Crippen LogP contribution in [0.3, 0.4) is 0 Å². The highest BCUT2D eigenvalue weighted by Crippen LogP contribution is 2.23. The molecule has 21 heavy (non-hydrogen) atoms. The van der Waals surface area contributed by atoms with E-state index in [0.717, 1.165) is 23.1 Å². The second-order valence-corrected chi connectivity index (χ2v) is 5.40. The number of nitrogens with two attached hydrogens (primary N) is 1. The maximum Gasteiger partial charge on any atom is 0.255 e. The van der Waals surface area contributed by atoms with Gasteiger partial charge >= 0.3 is 0 Å². The predicted molar refractivity (Wildman–Crippen MR) is 93.6 cm³/mol. The monoisotopic (exact) mass is 401 g/mol. The Balaban J connectivity index is 0. The summed E-state index contributed by atoms with van der Waals surface area (Å²) in [5.74, 6) is 0.203. The van der Waals surface area contributed by atoms with E-state index in [1.54, 1.807) is 0 Å². The number of hydrogen-bond acceptors (Lipinski definition) is 4. The molecule has 1 aromatic rings. The zero-order valence-electron chi connectivity index (χ0n) is 12.1. The number of carbonyl (C=O) groups excluding carboxylic acids is 1. The summed E-state index contributed by atoms with van der Waals surface area (Å²) in [4.78, 5) is 12.9. The van der Waals surface area contributed by atoms with Gasteiger partial charge in [0.15, 0.2) is 6.61 Å². The molecule has 8 heteroatoms. The van der Waals surface area contributed by atoms with Crippen LogP contribution in [0.1, 0.15) is 5.56 Å². The Morgan fingerprint density at radius 3 is 2.62 bits per heavy atom. The third-order valence-corrected chi connectivity index (χ3v) is 2.94. The number of halogens is 3. The molecule has 0 radical (unpaired) electrons. The van der Waals surface area contributed by atoms with Gasteiger partial charge in [0.05, 0.1) is 0 Å². The predicted octanol–water partition coefficient (Wildman–Crippen LogP) is 1.81. The van der Waals surface area contributed by atoms with Crippen LogP contribution in [-0.2, 0) is 11.3 Å². The largest absolute Gasteiger partial charge is 0.483 e. The summed E-state index contributed by atoms with van der Waals surface area (Å²) in [5, 5.41) is 3.33. The number of likely N-dealkylation sites (N-methyl/N-ethyl adjacent to an activating group) is 1. The normalized spacial score (nSPS) is 9.71. The van der Waals surface area contributed by atoms with E-state index in [1.807, 2.05) is 32.3 Å². The first-order chi connectivity index (χ1) is 8.99. The lowest BCUT2D eigenvalue weighted by Gasteiger charge is -2.13. The molecule has 0 unspecified atom stereocenters. The lowest BCUT2D eigenvalue weighted by Crippen LogP contribution is -2.26. The van der Waals surface area contributed by atoms with Crippen molar-refractivity contribution >= 4 is 46.7 Å². The molecule has 0 saturated carbocycles. The SMILES string of the molecule is CN(C)CCNCc1cc(Br)ccc1OCC(N)=O.Cl.Cl. The van der Waals surface area contributed by atoms with Crippen molar-refractivity contribution in [3.05, 3.63) is 28.2 Å². The Morgan fingerprint density at radius 1 is 1.38 bits per heavy atom. The van der Waals surface area contributed by atoms with Crippen LogP contribution in [-0.4, -0.2) is 44.6 Å². The van der Waals surface area contributed by atoms with Crippen molar-refractivity contribution in [2.45, 2.75) is 6.54 Å². The summed E-state index contributed by atoms with van der Waals surface area (Å²) >= 11 is 3.43. The van der Waals surface area contributed by atoms with E-state index in [4.69, 9.17) is 10.5 Å². The number of amides is 1. The summed E-state index contributed by atoms with van der Waals surface area (Å²) in [7, 11) is 4.06. The van der Waals surface area contributed by atoms with Gasteiger partial charge < -0.3 is 20.7 Å². The molecule has 0 aliphatic heterocycles. The third-order valence-electron chi connectivity index (χ3n) is 2.44. The quantitative estimate of drug-likeness (QED) is 0.650. The lowest BCUT2D eigenvalue weighted by atomic mass is 10.2. The second-order valence-electron chi connectivity index (χ2n) is 4.49. The molecule has 0 aliphatic rings. The maximum absolute atomic E-state index is 10.8. The summed E-state index contributed by atoms with van der Waals surface area (Å²) < 4.78 is 6.36. The summed E-state index contributed by atoms with van der Waals surface area (Å²) in [6.07, 6.45) is 0. The minimum atomic E-state index is -0.477. The molecule has 0 atom stereocenters. The minimum Gasteiger partial charge on any atom is -0.483 e. The fourth-order valence-electron chi connectivity index (χ4n) is 1.50. The smallest absolute Gasteiger partial charge is 0.255 e. The number of nitrogens with one attached hydrogen (secondary N) is 1. The number of hydrogen-bond donors (Lipinski definition) is 2. The number of primary amides is 1. The molecular formula is C13H22BrCl2N3O2. The average Bonchev–Trinajstić information content (AvgIpc) is 2.33. The Hall–Kier alpha value is -0.530. The van der Waals surface area contributed by atoms with Crippen LogP contribution in [0.4, 0.5) is 0 Å². The molecule has 5 nitrogen and oxygen atoms in total. The number of rotatable bonds is 8. The van der Waals surface area contributed by atoms with Crippen LogP contribution in [0, 0.1) is 0 Å². The molecule has 0 saturated heterocycles. The molecule has 122 valence electrons. The highest BCUT2D eigenvalue weighted by atomic mass is 79.9. The highest BCUT2D eigenvalue weighted by molar-refractivity contribution is 9.10. The minimum absolute atomic E-state index is 0. The third kappa shape index (κ3) is 9.92.